The topological polar surface area (TPSA) is 50.9 Å². The van der Waals surface area contributed by atoms with Gasteiger partial charge in [-0.25, -0.2) is 0 Å². The highest BCUT2D eigenvalue weighted by molar-refractivity contribution is 4.93. The van der Waals surface area contributed by atoms with Gasteiger partial charge in [0, 0.05) is 7.05 Å². The largest absolute Gasteiger partial charge is 0.421 e. The van der Waals surface area contributed by atoms with Crippen molar-refractivity contribution < 1.29 is 18.3 Å². The standard InChI is InChI=1S/C5H6F3N3O/c1-11-2-9-10-4(11)3(12)5(6,7)8/h2-3,12H,1H3/t3-/m0/s1. The molecule has 0 radical (unpaired) electrons. The summed E-state index contributed by atoms with van der Waals surface area (Å²) in [4.78, 5) is 0. The molecule has 0 bridgehead atoms. The molecule has 1 atom stereocenters. The van der Waals surface area contributed by atoms with Gasteiger partial charge in [-0.2, -0.15) is 13.2 Å². The van der Waals surface area contributed by atoms with Crippen molar-refractivity contribution >= 4 is 0 Å². The van der Waals surface area contributed by atoms with Crippen LogP contribution in [0.2, 0.25) is 0 Å². The lowest BCUT2D eigenvalue weighted by atomic mass is 10.3. The quantitative estimate of drug-likeness (QED) is 0.682. The number of aryl methyl sites for hydroxylation is 1. The highest BCUT2D eigenvalue weighted by atomic mass is 19.4. The molecule has 0 aliphatic carbocycles. The second-order valence-electron chi connectivity index (χ2n) is 2.24. The van der Waals surface area contributed by atoms with Gasteiger partial charge in [0.25, 0.3) is 0 Å². The maximum atomic E-state index is 11.9. The molecule has 0 unspecified atom stereocenters. The Labute approximate surface area is 65.6 Å². The molecule has 0 amide bonds. The zero-order valence-electron chi connectivity index (χ0n) is 6.08. The summed E-state index contributed by atoms with van der Waals surface area (Å²) < 4.78 is 36.6. The van der Waals surface area contributed by atoms with Gasteiger partial charge in [0.1, 0.15) is 6.33 Å². The van der Waals surface area contributed by atoms with E-state index in [0.717, 1.165) is 10.9 Å². The van der Waals surface area contributed by atoms with Crippen LogP contribution in [0.1, 0.15) is 11.9 Å². The van der Waals surface area contributed by atoms with Crippen LogP contribution in [0.5, 0.6) is 0 Å². The Hall–Kier alpha value is -1.11. The summed E-state index contributed by atoms with van der Waals surface area (Å²) in [6.07, 6.45) is -6.17. The Morgan fingerprint density at radius 2 is 2.17 bits per heavy atom. The van der Waals surface area contributed by atoms with E-state index < -0.39 is 18.1 Å². The van der Waals surface area contributed by atoms with E-state index >= 15 is 0 Å². The van der Waals surface area contributed by atoms with Crippen molar-refractivity contribution in [3.8, 4) is 0 Å². The number of aliphatic hydroxyl groups excluding tert-OH is 1. The van der Waals surface area contributed by atoms with E-state index in [9.17, 15) is 13.2 Å². The van der Waals surface area contributed by atoms with Crippen LogP contribution >= 0.6 is 0 Å². The van der Waals surface area contributed by atoms with E-state index in [2.05, 4.69) is 10.2 Å². The van der Waals surface area contributed by atoms with Crippen LogP contribution in [0.4, 0.5) is 13.2 Å². The SMILES string of the molecule is Cn1cnnc1[C@H](O)C(F)(F)F. The number of alkyl halides is 3. The molecule has 0 aliphatic heterocycles. The second-order valence-corrected chi connectivity index (χ2v) is 2.24. The zero-order chi connectivity index (χ0) is 9.35. The van der Waals surface area contributed by atoms with Gasteiger partial charge in [-0.1, -0.05) is 0 Å². The lowest BCUT2D eigenvalue weighted by Crippen LogP contribution is -2.23. The molecule has 1 N–H and O–H groups in total. The minimum Gasteiger partial charge on any atom is -0.377 e. The van der Waals surface area contributed by atoms with Crippen molar-refractivity contribution in [1.82, 2.24) is 14.8 Å². The van der Waals surface area contributed by atoms with Crippen LogP contribution in [0, 0.1) is 0 Å². The normalized spacial score (nSPS) is 14.8. The Kier molecular flexibility index (Phi) is 2.05. The number of rotatable bonds is 1. The maximum absolute atomic E-state index is 11.9. The van der Waals surface area contributed by atoms with E-state index in [-0.39, 0.29) is 0 Å². The summed E-state index contributed by atoms with van der Waals surface area (Å²) in [5, 5.41) is 15.0. The average Bonchev–Trinajstić information content (AvgIpc) is 2.31. The van der Waals surface area contributed by atoms with E-state index in [4.69, 9.17) is 5.11 Å². The predicted molar refractivity (Wildman–Crippen MR) is 32.0 cm³/mol. The maximum Gasteiger partial charge on any atom is 0.421 e. The predicted octanol–water partition coefficient (Wildman–Crippen LogP) is 0.411. The minimum atomic E-state index is -4.69. The van der Waals surface area contributed by atoms with Gasteiger partial charge < -0.3 is 9.67 Å². The summed E-state index contributed by atoms with van der Waals surface area (Å²) in [7, 11) is 1.32. The van der Waals surface area contributed by atoms with Gasteiger partial charge >= 0.3 is 6.18 Å². The van der Waals surface area contributed by atoms with Crippen LogP contribution < -0.4 is 0 Å². The number of hydrogen-bond donors (Lipinski definition) is 1. The highest BCUT2D eigenvalue weighted by Gasteiger charge is 2.42. The number of aliphatic hydroxyl groups is 1. The molecule has 1 rings (SSSR count). The molecular formula is C5H6F3N3O. The number of halogens is 3. The third-order valence-corrected chi connectivity index (χ3v) is 1.30. The first-order valence-corrected chi connectivity index (χ1v) is 3.01. The summed E-state index contributed by atoms with van der Waals surface area (Å²) in [6, 6.07) is 0. The van der Waals surface area contributed by atoms with Crippen molar-refractivity contribution in [2.45, 2.75) is 12.3 Å². The molecular weight excluding hydrogens is 175 g/mol. The van der Waals surface area contributed by atoms with Gasteiger partial charge in [-0.3, -0.25) is 0 Å². The molecule has 0 spiro atoms. The molecule has 0 fully saturated rings. The molecule has 1 heterocycles. The van der Waals surface area contributed by atoms with Crippen molar-refractivity contribution in [3.05, 3.63) is 12.2 Å². The van der Waals surface area contributed by atoms with Crippen LogP contribution in [-0.2, 0) is 7.05 Å². The summed E-state index contributed by atoms with van der Waals surface area (Å²) >= 11 is 0. The zero-order valence-corrected chi connectivity index (χ0v) is 6.08. The summed E-state index contributed by atoms with van der Waals surface area (Å²) in [5.41, 5.74) is 0. The third kappa shape index (κ3) is 1.55. The number of hydrogen-bond acceptors (Lipinski definition) is 3. The fraction of sp³-hybridized carbons (Fsp3) is 0.600. The lowest BCUT2D eigenvalue weighted by molar-refractivity contribution is -0.209. The van der Waals surface area contributed by atoms with E-state index in [1.165, 1.54) is 7.05 Å². The van der Waals surface area contributed by atoms with Gasteiger partial charge in [0.15, 0.2) is 5.82 Å². The molecule has 4 nitrogen and oxygen atoms in total. The van der Waals surface area contributed by atoms with Crippen molar-refractivity contribution in [1.29, 1.82) is 0 Å². The molecule has 1 aromatic rings. The summed E-state index contributed by atoms with van der Waals surface area (Å²) in [6.45, 7) is 0. The molecule has 1 aromatic heterocycles. The van der Waals surface area contributed by atoms with Crippen molar-refractivity contribution in [2.24, 2.45) is 7.05 Å². The van der Waals surface area contributed by atoms with E-state index in [1.807, 2.05) is 0 Å². The van der Waals surface area contributed by atoms with Crippen LogP contribution in [0.3, 0.4) is 0 Å². The van der Waals surface area contributed by atoms with Gasteiger partial charge in [0.05, 0.1) is 0 Å². The third-order valence-electron chi connectivity index (χ3n) is 1.30. The summed E-state index contributed by atoms with van der Waals surface area (Å²) in [5.74, 6) is -0.512. The highest BCUT2D eigenvalue weighted by Crippen LogP contribution is 2.30. The smallest absolute Gasteiger partial charge is 0.377 e. The molecule has 0 aliphatic rings. The molecule has 0 saturated carbocycles. The van der Waals surface area contributed by atoms with E-state index in [1.54, 1.807) is 0 Å². The Morgan fingerprint density at radius 3 is 2.50 bits per heavy atom. The minimum absolute atomic E-state index is 0.512. The fourth-order valence-electron chi connectivity index (χ4n) is 0.686. The monoisotopic (exact) mass is 181 g/mol. The van der Waals surface area contributed by atoms with Gasteiger partial charge in [-0.05, 0) is 0 Å². The molecule has 0 aromatic carbocycles. The van der Waals surface area contributed by atoms with Crippen molar-refractivity contribution in [3.63, 3.8) is 0 Å². The molecule has 68 valence electrons. The molecule has 12 heavy (non-hydrogen) atoms. The average molecular weight is 181 g/mol. The lowest BCUT2D eigenvalue weighted by Gasteiger charge is -2.12. The van der Waals surface area contributed by atoms with Gasteiger partial charge in [-0.15, -0.1) is 10.2 Å². The Morgan fingerprint density at radius 1 is 1.58 bits per heavy atom. The van der Waals surface area contributed by atoms with Crippen LogP contribution in [0.25, 0.3) is 0 Å². The Bertz CT molecular complexity index is 269. The van der Waals surface area contributed by atoms with Crippen LogP contribution in [-0.4, -0.2) is 26.0 Å². The number of nitrogens with zero attached hydrogens (tertiary/aromatic N) is 3. The first-order valence-electron chi connectivity index (χ1n) is 3.01. The fourth-order valence-corrected chi connectivity index (χ4v) is 0.686. The van der Waals surface area contributed by atoms with Crippen molar-refractivity contribution in [2.75, 3.05) is 0 Å². The molecule has 0 saturated heterocycles. The second kappa shape index (κ2) is 2.74. The van der Waals surface area contributed by atoms with E-state index in [0.29, 0.717) is 0 Å². The first-order chi connectivity index (χ1) is 5.43. The molecule has 7 heteroatoms. The van der Waals surface area contributed by atoms with Crippen LogP contribution in [0.15, 0.2) is 6.33 Å². The van der Waals surface area contributed by atoms with Gasteiger partial charge in [0.2, 0.25) is 6.10 Å². The Balaban J connectivity index is 2.92. The number of aromatic nitrogens is 3. The first kappa shape index (κ1) is 8.98.